The first-order chi connectivity index (χ1) is 13.2. The van der Waals surface area contributed by atoms with Crippen molar-refractivity contribution in [2.75, 3.05) is 27.7 Å². The molecular weight excluding hydrogens is 338 g/mol. The van der Waals surface area contributed by atoms with Gasteiger partial charge in [0.1, 0.15) is 5.75 Å². The lowest BCUT2D eigenvalue weighted by atomic mass is 10.2. The average Bonchev–Trinajstić information content (AvgIpc) is 3.12. The molecule has 0 radical (unpaired) electrons. The van der Waals surface area contributed by atoms with Crippen molar-refractivity contribution in [3.8, 4) is 5.75 Å². The number of nitrogens with one attached hydrogen (secondary N) is 1. The summed E-state index contributed by atoms with van der Waals surface area (Å²) in [6, 6.07) is 16.3. The standard InChI is InChI=1S/C21H27N5O/c1-22-21(25(2)15-17-9-11-18(27-3)12-10-17)23-13-6-14-26-16-24-19-7-4-5-8-20(19)26/h4-5,7-12,16H,6,13-15H2,1-3H3,(H,22,23). The number of aromatic nitrogens is 2. The number of aryl methyl sites for hydroxylation is 1. The molecule has 0 atom stereocenters. The number of nitrogens with zero attached hydrogens (tertiary/aromatic N) is 4. The Bertz CT molecular complexity index is 885. The monoisotopic (exact) mass is 365 g/mol. The van der Waals surface area contributed by atoms with Crippen molar-refractivity contribution in [1.29, 1.82) is 0 Å². The molecule has 0 aliphatic heterocycles. The minimum absolute atomic E-state index is 0.788. The van der Waals surface area contributed by atoms with Crippen LogP contribution in [-0.2, 0) is 13.1 Å². The lowest BCUT2D eigenvalue weighted by Crippen LogP contribution is -2.39. The molecule has 0 fully saturated rings. The molecule has 1 heterocycles. The van der Waals surface area contributed by atoms with E-state index in [9.17, 15) is 0 Å². The zero-order valence-electron chi connectivity index (χ0n) is 16.2. The van der Waals surface area contributed by atoms with Gasteiger partial charge in [-0.2, -0.15) is 0 Å². The van der Waals surface area contributed by atoms with Gasteiger partial charge in [0, 0.05) is 33.7 Å². The highest BCUT2D eigenvalue weighted by atomic mass is 16.5. The van der Waals surface area contributed by atoms with Crippen molar-refractivity contribution < 1.29 is 4.74 Å². The Labute approximate surface area is 160 Å². The summed E-state index contributed by atoms with van der Waals surface area (Å²) in [5, 5.41) is 3.44. The Morgan fingerprint density at radius 1 is 1.19 bits per heavy atom. The Morgan fingerprint density at radius 3 is 2.70 bits per heavy atom. The SMILES string of the molecule is CN=C(NCCCn1cnc2ccccc21)N(C)Cc1ccc(OC)cc1. The first-order valence-corrected chi connectivity index (χ1v) is 9.16. The molecule has 142 valence electrons. The molecule has 1 N–H and O–H groups in total. The van der Waals surface area contributed by atoms with Crippen molar-refractivity contribution in [2.45, 2.75) is 19.5 Å². The summed E-state index contributed by atoms with van der Waals surface area (Å²) in [5.74, 6) is 1.76. The van der Waals surface area contributed by atoms with Crippen LogP contribution in [0, 0.1) is 0 Å². The number of rotatable bonds is 7. The number of ether oxygens (including phenoxy) is 1. The number of fused-ring (bicyclic) bond motifs is 1. The Morgan fingerprint density at radius 2 is 1.96 bits per heavy atom. The highest BCUT2D eigenvalue weighted by Gasteiger charge is 2.07. The van der Waals surface area contributed by atoms with Gasteiger partial charge in [0.25, 0.3) is 0 Å². The quantitative estimate of drug-likeness (QED) is 0.397. The molecule has 0 spiro atoms. The fourth-order valence-electron chi connectivity index (χ4n) is 3.10. The number of methoxy groups -OCH3 is 1. The topological polar surface area (TPSA) is 54.7 Å². The molecule has 0 saturated carbocycles. The van der Waals surface area contributed by atoms with E-state index in [1.165, 1.54) is 11.1 Å². The number of hydrogen-bond donors (Lipinski definition) is 1. The maximum Gasteiger partial charge on any atom is 0.193 e. The number of aliphatic imine (C=N–C) groups is 1. The van der Waals surface area contributed by atoms with Gasteiger partial charge in [0.15, 0.2) is 5.96 Å². The van der Waals surface area contributed by atoms with Crippen LogP contribution in [0.1, 0.15) is 12.0 Å². The number of guanidine groups is 1. The van der Waals surface area contributed by atoms with Crippen LogP contribution < -0.4 is 10.1 Å². The largest absolute Gasteiger partial charge is 0.497 e. The number of imidazole rings is 1. The van der Waals surface area contributed by atoms with E-state index in [2.05, 4.69) is 49.0 Å². The van der Waals surface area contributed by atoms with Crippen molar-refractivity contribution in [1.82, 2.24) is 19.8 Å². The highest BCUT2D eigenvalue weighted by Crippen LogP contribution is 2.13. The summed E-state index contributed by atoms with van der Waals surface area (Å²) in [5.41, 5.74) is 3.44. The Hall–Kier alpha value is -3.02. The van der Waals surface area contributed by atoms with E-state index in [4.69, 9.17) is 4.74 Å². The van der Waals surface area contributed by atoms with Gasteiger partial charge >= 0.3 is 0 Å². The van der Waals surface area contributed by atoms with Crippen LogP contribution >= 0.6 is 0 Å². The molecule has 0 unspecified atom stereocenters. The molecule has 0 amide bonds. The first kappa shape index (κ1) is 18.8. The van der Waals surface area contributed by atoms with E-state index in [1.807, 2.05) is 44.7 Å². The van der Waals surface area contributed by atoms with Gasteiger partial charge in [-0.3, -0.25) is 4.99 Å². The molecule has 0 bridgehead atoms. The summed E-state index contributed by atoms with van der Waals surface area (Å²) < 4.78 is 7.40. The third-order valence-corrected chi connectivity index (χ3v) is 4.54. The molecule has 27 heavy (non-hydrogen) atoms. The fraction of sp³-hybridized carbons (Fsp3) is 0.333. The average molecular weight is 365 g/mol. The van der Waals surface area contributed by atoms with Crippen LogP contribution in [0.2, 0.25) is 0 Å². The lowest BCUT2D eigenvalue weighted by molar-refractivity contribution is 0.414. The molecular formula is C21H27N5O. The molecule has 0 aliphatic carbocycles. The predicted molar refractivity (Wildman–Crippen MR) is 110 cm³/mol. The second-order valence-electron chi connectivity index (χ2n) is 6.46. The number of benzene rings is 2. The van der Waals surface area contributed by atoms with Gasteiger partial charge in [0.2, 0.25) is 0 Å². The summed E-state index contributed by atoms with van der Waals surface area (Å²) in [7, 11) is 5.54. The normalized spacial score (nSPS) is 11.6. The zero-order valence-corrected chi connectivity index (χ0v) is 16.2. The van der Waals surface area contributed by atoms with Gasteiger partial charge in [-0.1, -0.05) is 24.3 Å². The minimum Gasteiger partial charge on any atom is -0.497 e. The second kappa shape index (κ2) is 9.07. The van der Waals surface area contributed by atoms with Gasteiger partial charge in [-0.25, -0.2) is 4.98 Å². The molecule has 0 aliphatic rings. The van der Waals surface area contributed by atoms with Crippen molar-refractivity contribution in [3.63, 3.8) is 0 Å². The third-order valence-electron chi connectivity index (χ3n) is 4.54. The summed E-state index contributed by atoms with van der Waals surface area (Å²) in [4.78, 5) is 10.9. The minimum atomic E-state index is 0.788. The van der Waals surface area contributed by atoms with Crippen molar-refractivity contribution >= 4 is 17.0 Å². The molecule has 3 aromatic rings. The first-order valence-electron chi connectivity index (χ1n) is 9.16. The van der Waals surface area contributed by atoms with Gasteiger partial charge < -0.3 is 19.5 Å². The smallest absolute Gasteiger partial charge is 0.193 e. The molecule has 3 rings (SSSR count). The Kier molecular flexibility index (Phi) is 6.30. The van der Waals surface area contributed by atoms with Gasteiger partial charge in [-0.05, 0) is 36.2 Å². The van der Waals surface area contributed by atoms with Crippen LogP contribution in [-0.4, -0.2) is 48.2 Å². The molecule has 6 heteroatoms. The second-order valence-corrected chi connectivity index (χ2v) is 6.46. The highest BCUT2D eigenvalue weighted by molar-refractivity contribution is 5.79. The van der Waals surface area contributed by atoms with Crippen LogP contribution in [0.5, 0.6) is 5.75 Å². The van der Waals surface area contributed by atoms with Crippen molar-refractivity contribution in [3.05, 3.63) is 60.4 Å². The fourth-order valence-corrected chi connectivity index (χ4v) is 3.10. The van der Waals surface area contributed by atoms with E-state index in [0.29, 0.717) is 0 Å². The van der Waals surface area contributed by atoms with Crippen LogP contribution in [0.3, 0.4) is 0 Å². The maximum absolute atomic E-state index is 5.21. The van der Waals surface area contributed by atoms with Gasteiger partial charge in [-0.15, -0.1) is 0 Å². The Balaban J connectivity index is 1.48. The number of para-hydroxylation sites is 2. The van der Waals surface area contributed by atoms with E-state index >= 15 is 0 Å². The van der Waals surface area contributed by atoms with E-state index < -0.39 is 0 Å². The van der Waals surface area contributed by atoms with Crippen LogP contribution in [0.25, 0.3) is 11.0 Å². The van der Waals surface area contributed by atoms with Crippen LogP contribution in [0.15, 0.2) is 59.9 Å². The summed E-state index contributed by atoms with van der Waals surface area (Å²) in [6.07, 6.45) is 2.91. The third kappa shape index (κ3) is 4.78. The van der Waals surface area contributed by atoms with E-state index in [-0.39, 0.29) is 0 Å². The van der Waals surface area contributed by atoms with E-state index in [1.54, 1.807) is 7.11 Å². The van der Waals surface area contributed by atoms with Crippen LogP contribution in [0.4, 0.5) is 0 Å². The zero-order chi connectivity index (χ0) is 19.1. The molecule has 6 nitrogen and oxygen atoms in total. The summed E-state index contributed by atoms with van der Waals surface area (Å²) in [6.45, 7) is 2.56. The van der Waals surface area contributed by atoms with Crippen molar-refractivity contribution in [2.24, 2.45) is 4.99 Å². The molecule has 1 aromatic heterocycles. The molecule has 0 saturated heterocycles. The number of hydrogen-bond acceptors (Lipinski definition) is 3. The summed E-state index contributed by atoms with van der Waals surface area (Å²) >= 11 is 0. The predicted octanol–water partition coefficient (Wildman–Crippen LogP) is 3.14. The maximum atomic E-state index is 5.21. The van der Waals surface area contributed by atoms with Gasteiger partial charge in [0.05, 0.1) is 24.5 Å². The lowest BCUT2D eigenvalue weighted by Gasteiger charge is -2.22. The van der Waals surface area contributed by atoms with E-state index in [0.717, 1.165) is 43.3 Å². The molecule has 2 aromatic carbocycles.